The molecule has 1 amide bonds. The van der Waals surface area contributed by atoms with Gasteiger partial charge in [-0.05, 0) is 13.8 Å². The molecule has 0 radical (unpaired) electrons. The van der Waals surface area contributed by atoms with Crippen molar-refractivity contribution in [3.8, 4) is 0 Å². The first kappa shape index (κ1) is 15.5. The number of amides is 1. The zero-order valence-corrected chi connectivity index (χ0v) is 10.8. The summed E-state index contributed by atoms with van der Waals surface area (Å²) in [5, 5.41) is 0. The van der Waals surface area contributed by atoms with E-state index in [1.807, 2.05) is 13.8 Å². The maximum Gasteiger partial charge on any atom is 0.406 e. The van der Waals surface area contributed by atoms with Crippen LogP contribution in [0, 0.1) is 0 Å². The van der Waals surface area contributed by atoms with Crippen molar-refractivity contribution in [1.29, 1.82) is 0 Å². The van der Waals surface area contributed by atoms with Crippen LogP contribution in [0.1, 0.15) is 19.7 Å². The van der Waals surface area contributed by atoms with Gasteiger partial charge in [0.05, 0.1) is 13.1 Å². The number of hydrogen-bond donors (Lipinski definition) is 1. The molecule has 0 aromatic carbocycles. The average Bonchev–Trinajstić information content (AvgIpc) is 2.61. The standard InChI is InChI=1S/C11H17F3N4O/c1-8(2)18(5-9(15)19)6-10-16-3-4-17(10)7-11(12,13)14/h3-4,8H,5-7H2,1-2H3,(H2,15,19). The van der Waals surface area contributed by atoms with Crippen LogP contribution in [-0.2, 0) is 17.9 Å². The van der Waals surface area contributed by atoms with Crippen LogP contribution in [0.2, 0.25) is 0 Å². The summed E-state index contributed by atoms with van der Waals surface area (Å²) in [4.78, 5) is 16.5. The van der Waals surface area contributed by atoms with E-state index < -0.39 is 18.6 Å². The molecule has 0 aliphatic rings. The second-order valence-electron chi connectivity index (χ2n) is 4.55. The van der Waals surface area contributed by atoms with E-state index in [0.717, 1.165) is 4.57 Å². The Morgan fingerprint density at radius 3 is 2.63 bits per heavy atom. The fourth-order valence-electron chi connectivity index (χ4n) is 1.63. The molecule has 1 aromatic rings. The van der Waals surface area contributed by atoms with E-state index in [9.17, 15) is 18.0 Å². The van der Waals surface area contributed by atoms with Crippen molar-refractivity contribution in [1.82, 2.24) is 14.5 Å². The minimum Gasteiger partial charge on any atom is -0.369 e. The number of nitrogens with two attached hydrogens (primary N) is 1. The van der Waals surface area contributed by atoms with Gasteiger partial charge in [-0.1, -0.05) is 0 Å². The molecular weight excluding hydrogens is 261 g/mol. The summed E-state index contributed by atoms with van der Waals surface area (Å²) in [5.74, 6) is -0.269. The number of primary amides is 1. The lowest BCUT2D eigenvalue weighted by Crippen LogP contribution is -2.38. The first-order valence-corrected chi connectivity index (χ1v) is 5.78. The average molecular weight is 278 g/mol. The van der Waals surface area contributed by atoms with Crippen molar-refractivity contribution < 1.29 is 18.0 Å². The summed E-state index contributed by atoms with van der Waals surface area (Å²) in [6, 6.07) is -0.0245. The first-order valence-electron chi connectivity index (χ1n) is 5.78. The van der Waals surface area contributed by atoms with Crippen molar-refractivity contribution in [3.05, 3.63) is 18.2 Å². The highest BCUT2D eigenvalue weighted by Crippen LogP contribution is 2.19. The highest BCUT2D eigenvalue weighted by molar-refractivity contribution is 5.75. The molecule has 0 aliphatic carbocycles. The molecule has 0 bridgehead atoms. The minimum absolute atomic E-state index is 0.0173. The van der Waals surface area contributed by atoms with Crippen LogP contribution in [0.3, 0.4) is 0 Å². The number of rotatable bonds is 6. The molecule has 0 unspecified atom stereocenters. The molecule has 8 heteroatoms. The molecule has 2 N–H and O–H groups in total. The van der Waals surface area contributed by atoms with Crippen LogP contribution in [0.4, 0.5) is 13.2 Å². The van der Waals surface area contributed by atoms with Gasteiger partial charge >= 0.3 is 6.18 Å². The van der Waals surface area contributed by atoms with Gasteiger partial charge in [0, 0.05) is 18.4 Å². The second kappa shape index (κ2) is 6.05. The summed E-state index contributed by atoms with van der Waals surface area (Å²) in [6.07, 6.45) is -1.72. The summed E-state index contributed by atoms with van der Waals surface area (Å²) in [6.45, 7) is 2.70. The van der Waals surface area contributed by atoms with E-state index in [1.54, 1.807) is 4.90 Å². The molecule has 1 aromatic heterocycles. The van der Waals surface area contributed by atoms with E-state index >= 15 is 0 Å². The predicted molar refractivity (Wildman–Crippen MR) is 63.0 cm³/mol. The van der Waals surface area contributed by atoms with Gasteiger partial charge in [-0.3, -0.25) is 9.69 Å². The van der Waals surface area contributed by atoms with E-state index in [1.165, 1.54) is 12.4 Å². The second-order valence-corrected chi connectivity index (χ2v) is 4.55. The number of alkyl halides is 3. The van der Waals surface area contributed by atoms with E-state index in [4.69, 9.17) is 5.73 Å². The molecule has 5 nitrogen and oxygen atoms in total. The molecule has 0 fully saturated rings. The van der Waals surface area contributed by atoms with Gasteiger partial charge in [-0.15, -0.1) is 0 Å². The van der Waals surface area contributed by atoms with Gasteiger partial charge in [-0.25, -0.2) is 4.98 Å². The third-order valence-corrected chi connectivity index (χ3v) is 2.59. The smallest absolute Gasteiger partial charge is 0.369 e. The Bertz CT molecular complexity index is 428. The Morgan fingerprint density at radius 2 is 2.16 bits per heavy atom. The van der Waals surface area contributed by atoms with Gasteiger partial charge in [0.1, 0.15) is 12.4 Å². The van der Waals surface area contributed by atoms with Crippen LogP contribution in [-0.4, -0.2) is 39.1 Å². The molecule has 0 saturated heterocycles. The van der Waals surface area contributed by atoms with Crippen LogP contribution in [0.5, 0.6) is 0 Å². The molecule has 0 spiro atoms. The van der Waals surface area contributed by atoms with Crippen LogP contribution >= 0.6 is 0 Å². The van der Waals surface area contributed by atoms with Gasteiger partial charge < -0.3 is 10.3 Å². The number of nitrogens with zero attached hydrogens (tertiary/aromatic N) is 3. The molecule has 108 valence electrons. The van der Waals surface area contributed by atoms with Gasteiger partial charge in [0.25, 0.3) is 0 Å². The number of halogens is 3. The molecule has 0 aliphatic heterocycles. The lowest BCUT2D eigenvalue weighted by atomic mass is 10.3. The van der Waals surface area contributed by atoms with E-state index in [2.05, 4.69) is 4.98 Å². The highest BCUT2D eigenvalue weighted by atomic mass is 19.4. The van der Waals surface area contributed by atoms with Crippen LogP contribution < -0.4 is 5.73 Å². The number of hydrogen-bond acceptors (Lipinski definition) is 3. The molecule has 1 heterocycles. The van der Waals surface area contributed by atoms with Gasteiger partial charge in [0.2, 0.25) is 5.91 Å². The number of carbonyl (C=O) groups is 1. The number of aromatic nitrogens is 2. The van der Waals surface area contributed by atoms with Crippen molar-refractivity contribution in [2.75, 3.05) is 6.54 Å². The molecule has 19 heavy (non-hydrogen) atoms. The van der Waals surface area contributed by atoms with Crippen molar-refractivity contribution in [2.45, 2.75) is 39.2 Å². The van der Waals surface area contributed by atoms with E-state index in [0.29, 0.717) is 0 Å². The Hall–Kier alpha value is -1.57. The normalized spacial score (nSPS) is 12.4. The largest absolute Gasteiger partial charge is 0.406 e. The predicted octanol–water partition coefficient (Wildman–Crippen LogP) is 1.14. The molecular formula is C11H17F3N4O. The Kier molecular flexibility index (Phi) is 4.93. The Labute approximate surface area is 109 Å². The third kappa shape index (κ3) is 5.29. The third-order valence-electron chi connectivity index (χ3n) is 2.59. The highest BCUT2D eigenvalue weighted by Gasteiger charge is 2.29. The topological polar surface area (TPSA) is 64.2 Å². The van der Waals surface area contributed by atoms with Crippen molar-refractivity contribution in [2.24, 2.45) is 5.73 Å². The molecule has 1 rings (SSSR count). The lowest BCUT2D eigenvalue weighted by Gasteiger charge is -2.25. The van der Waals surface area contributed by atoms with Crippen LogP contribution in [0.15, 0.2) is 12.4 Å². The SMILES string of the molecule is CC(C)N(CC(N)=O)Cc1nccn1CC(F)(F)F. The number of carbonyl (C=O) groups excluding carboxylic acids is 1. The summed E-state index contributed by atoms with van der Waals surface area (Å²) >= 11 is 0. The van der Waals surface area contributed by atoms with Gasteiger partial charge in [0.15, 0.2) is 0 Å². The van der Waals surface area contributed by atoms with Crippen molar-refractivity contribution >= 4 is 5.91 Å². The van der Waals surface area contributed by atoms with Crippen LogP contribution in [0.25, 0.3) is 0 Å². The molecule has 0 saturated carbocycles. The fourth-order valence-corrected chi connectivity index (χ4v) is 1.63. The first-order chi connectivity index (χ1) is 8.69. The minimum atomic E-state index is -4.30. The zero-order chi connectivity index (χ0) is 14.6. The summed E-state index contributed by atoms with van der Waals surface area (Å²) < 4.78 is 38.1. The van der Waals surface area contributed by atoms with Crippen molar-refractivity contribution in [3.63, 3.8) is 0 Å². The molecule has 0 atom stereocenters. The summed E-state index contributed by atoms with van der Waals surface area (Å²) in [5.41, 5.74) is 5.11. The summed E-state index contributed by atoms with van der Waals surface area (Å²) in [7, 11) is 0. The zero-order valence-electron chi connectivity index (χ0n) is 10.8. The Balaban J connectivity index is 2.80. The van der Waals surface area contributed by atoms with Gasteiger partial charge in [-0.2, -0.15) is 13.2 Å². The Morgan fingerprint density at radius 1 is 1.53 bits per heavy atom. The maximum atomic E-state index is 12.4. The fraction of sp³-hybridized carbons (Fsp3) is 0.636. The lowest BCUT2D eigenvalue weighted by molar-refractivity contribution is -0.141. The quantitative estimate of drug-likeness (QED) is 0.848. The maximum absolute atomic E-state index is 12.4. The van der Waals surface area contributed by atoms with E-state index in [-0.39, 0.29) is 25.0 Å². The monoisotopic (exact) mass is 278 g/mol. The number of imidazole rings is 1.